The van der Waals surface area contributed by atoms with Crippen molar-refractivity contribution >= 4 is 15.9 Å². The molecule has 3 heteroatoms. The van der Waals surface area contributed by atoms with Gasteiger partial charge in [-0.15, -0.1) is 0 Å². The molecule has 0 spiro atoms. The van der Waals surface area contributed by atoms with Gasteiger partial charge in [-0.05, 0) is 31.0 Å². The zero-order chi connectivity index (χ0) is 10.8. The van der Waals surface area contributed by atoms with Gasteiger partial charge >= 0.3 is 0 Å². The lowest BCUT2D eigenvalue weighted by atomic mass is 9.94. The molecule has 0 fully saturated rings. The average Bonchev–Trinajstić information content (AvgIpc) is 2.10. The first-order valence-corrected chi connectivity index (χ1v) is 5.40. The molecule has 0 radical (unpaired) electrons. The third-order valence-electron chi connectivity index (χ3n) is 2.35. The van der Waals surface area contributed by atoms with Crippen LogP contribution >= 0.6 is 15.9 Å². The second kappa shape index (κ2) is 4.41. The molecule has 0 amide bonds. The molecule has 1 aromatic carbocycles. The summed E-state index contributed by atoms with van der Waals surface area (Å²) in [5, 5.41) is 9.79. The Morgan fingerprint density at radius 3 is 2.64 bits per heavy atom. The summed E-state index contributed by atoms with van der Waals surface area (Å²) in [5.41, 5.74) is -0.269. The molecule has 14 heavy (non-hydrogen) atoms. The van der Waals surface area contributed by atoms with Crippen molar-refractivity contribution < 1.29 is 9.50 Å². The molecule has 0 bridgehead atoms. The molecular weight excluding hydrogens is 247 g/mol. The van der Waals surface area contributed by atoms with Crippen LogP contribution in [-0.4, -0.2) is 10.7 Å². The smallest absolute Gasteiger partial charge is 0.127 e. The third kappa shape index (κ3) is 3.07. The highest BCUT2D eigenvalue weighted by atomic mass is 79.9. The topological polar surface area (TPSA) is 20.2 Å². The summed E-state index contributed by atoms with van der Waals surface area (Å²) in [5.74, 6) is -0.270. The fourth-order valence-electron chi connectivity index (χ4n) is 1.20. The van der Waals surface area contributed by atoms with Crippen molar-refractivity contribution in [3.63, 3.8) is 0 Å². The van der Waals surface area contributed by atoms with Gasteiger partial charge in [0.15, 0.2) is 0 Å². The predicted octanol–water partition coefficient (Wildman–Crippen LogP) is 3.29. The average molecular weight is 261 g/mol. The van der Waals surface area contributed by atoms with Crippen molar-refractivity contribution in [1.29, 1.82) is 0 Å². The molecular formula is C11H14BrFO. The fourth-order valence-corrected chi connectivity index (χ4v) is 1.53. The molecule has 0 heterocycles. The van der Waals surface area contributed by atoms with Gasteiger partial charge in [-0.25, -0.2) is 4.39 Å². The monoisotopic (exact) mass is 260 g/mol. The molecule has 0 saturated heterocycles. The second-order valence-electron chi connectivity index (χ2n) is 3.76. The van der Waals surface area contributed by atoms with Crippen molar-refractivity contribution in [3.05, 3.63) is 34.1 Å². The first-order valence-electron chi connectivity index (χ1n) is 4.61. The van der Waals surface area contributed by atoms with Gasteiger partial charge in [0.25, 0.3) is 0 Å². The van der Waals surface area contributed by atoms with Crippen LogP contribution in [0.5, 0.6) is 0 Å². The van der Waals surface area contributed by atoms with Crippen LogP contribution in [-0.2, 0) is 6.42 Å². The normalized spacial score (nSPS) is 15.2. The maximum absolute atomic E-state index is 13.4. The van der Waals surface area contributed by atoms with E-state index in [2.05, 4.69) is 15.9 Å². The lowest BCUT2D eigenvalue weighted by molar-refractivity contribution is 0.0556. The molecule has 1 nitrogen and oxygen atoms in total. The lowest BCUT2D eigenvalue weighted by Gasteiger charge is -2.21. The third-order valence-corrected chi connectivity index (χ3v) is 2.84. The van der Waals surface area contributed by atoms with Gasteiger partial charge in [0.05, 0.1) is 5.60 Å². The highest BCUT2D eigenvalue weighted by Crippen LogP contribution is 2.21. The maximum Gasteiger partial charge on any atom is 0.127 e. The van der Waals surface area contributed by atoms with E-state index in [1.165, 1.54) is 6.07 Å². The van der Waals surface area contributed by atoms with Gasteiger partial charge in [-0.3, -0.25) is 0 Å². The number of hydrogen-bond donors (Lipinski definition) is 1. The minimum Gasteiger partial charge on any atom is -0.390 e. The number of halogens is 2. The molecule has 0 aromatic heterocycles. The van der Waals surface area contributed by atoms with Crippen molar-refractivity contribution in [1.82, 2.24) is 0 Å². The first kappa shape index (κ1) is 11.7. The van der Waals surface area contributed by atoms with Crippen LogP contribution in [0.3, 0.4) is 0 Å². The quantitative estimate of drug-likeness (QED) is 0.885. The van der Waals surface area contributed by atoms with Crippen molar-refractivity contribution in [3.8, 4) is 0 Å². The largest absolute Gasteiger partial charge is 0.390 e. The molecule has 0 aliphatic rings. The Bertz CT molecular complexity index is 323. The Hall–Kier alpha value is -0.410. The summed E-state index contributed by atoms with van der Waals surface area (Å²) in [7, 11) is 0. The summed E-state index contributed by atoms with van der Waals surface area (Å²) in [4.78, 5) is 0. The number of aliphatic hydroxyl groups is 1. The van der Waals surface area contributed by atoms with E-state index in [1.54, 1.807) is 19.1 Å². The van der Waals surface area contributed by atoms with Crippen LogP contribution in [0.2, 0.25) is 0 Å². The molecule has 1 atom stereocenters. The first-order chi connectivity index (χ1) is 6.44. The van der Waals surface area contributed by atoms with Crippen molar-refractivity contribution in [2.45, 2.75) is 32.3 Å². The van der Waals surface area contributed by atoms with E-state index in [9.17, 15) is 9.50 Å². The van der Waals surface area contributed by atoms with E-state index in [-0.39, 0.29) is 5.82 Å². The summed E-state index contributed by atoms with van der Waals surface area (Å²) in [6, 6.07) is 4.90. The minimum atomic E-state index is -0.825. The number of hydrogen-bond acceptors (Lipinski definition) is 1. The Morgan fingerprint density at radius 2 is 2.14 bits per heavy atom. The zero-order valence-electron chi connectivity index (χ0n) is 8.35. The van der Waals surface area contributed by atoms with Crippen LogP contribution in [0.15, 0.2) is 22.7 Å². The van der Waals surface area contributed by atoms with E-state index >= 15 is 0 Å². The molecule has 0 aliphatic carbocycles. The Balaban J connectivity index is 2.87. The maximum atomic E-state index is 13.4. The summed E-state index contributed by atoms with van der Waals surface area (Å²) < 4.78 is 14.1. The minimum absolute atomic E-state index is 0.270. The summed E-state index contributed by atoms with van der Waals surface area (Å²) in [6.07, 6.45) is 0.963. The van der Waals surface area contributed by atoms with Gasteiger partial charge in [0.1, 0.15) is 5.82 Å². The molecule has 78 valence electrons. The molecule has 1 rings (SSSR count). The second-order valence-corrected chi connectivity index (χ2v) is 4.68. The Labute approximate surface area is 92.1 Å². The summed E-state index contributed by atoms with van der Waals surface area (Å²) >= 11 is 3.19. The van der Waals surface area contributed by atoms with Crippen LogP contribution in [0.1, 0.15) is 25.8 Å². The zero-order valence-corrected chi connectivity index (χ0v) is 9.94. The SMILES string of the molecule is CCC(C)(O)Cc1ccc(Br)cc1F. The van der Waals surface area contributed by atoms with Crippen molar-refractivity contribution in [2.24, 2.45) is 0 Å². The van der Waals surface area contributed by atoms with Crippen LogP contribution in [0.4, 0.5) is 4.39 Å². The standard InChI is InChI=1S/C11H14BrFO/c1-3-11(2,14)7-8-4-5-9(12)6-10(8)13/h4-6,14H,3,7H2,1-2H3. The number of rotatable bonds is 3. The van der Waals surface area contributed by atoms with E-state index in [1.807, 2.05) is 6.92 Å². The van der Waals surface area contributed by atoms with Crippen LogP contribution in [0, 0.1) is 5.82 Å². The van der Waals surface area contributed by atoms with Crippen LogP contribution in [0.25, 0.3) is 0 Å². The highest BCUT2D eigenvalue weighted by molar-refractivity contribution is 9.10. The number of benzene rings is 1. The van der Waals surface area contributed by atoms with Crippen molar-refractivity contribution in [2.75, 3.05) is 0 Å². The van der Waals surface area contributed by atoms with E-state index in [4.69, 9.17) is 0 Å². The van der Waals surface area contributed by atoms with Gasteiger partial charge < -0.3 is 5.11 Å². The van der Waals surface area contributed by atoms with Gasteiger partial charge in [0.2, 0.25) is 0 Å². The molecule has 1 unspecified atom stereocenters. The van der Waals surface area contributed by atoms with E-state index in [0.717, 1.165) is 4.47 Å². The Kier molecular flexibility index (Phi) is 3.67. The molecule has 0 saturated carbocycles. The van der Waals surface area contributed by atoms with Gasteiger partial charge in [-0.1, -0.05) is 28.9 Å². The van der Waals surface area contributed by atoms with Gasteiger partial charge in [0, 0.05) is 10.9 Å². The molecule has 1 aromatic rings. The van der Waals surface area contributed by atoms with E-state index in [0.29, 0.717) is 18.4 Å². The predicted molar refractivity (Wildman–Crippen MR) is 58.7 cm³/mol. The lowest BCUT2D eigenvalue weighted by Crippen LogP contribution is -2.26. The Morgan fingerprint density at radius 1 is 1.50 bits per heavy atom. The fraction of sp³-hybridized carbons (Fsp3) is 0.455. The molecule has 0 aliphatic heterocycles. The molecule has 1 N–H and O–H groups in total. The van der Waals surface area contributed by atoms with Gasteiger partial charge in [-0.2, -0.15) is 0 Å². The summed E-state index contributed by atoms with van der Waals surface area (Å²) in [6.45, 7) is 3.60. The highest BCUT2D eigenvalue weighted by Gasteiger charge is 2.19. The van der Waals surface area contributed by atoms with Crippen LogP contribution < -0.4 is 0 Å². The van der Waals surface area contributed by atoms with E-state index < -0.39 is 5.60 Å².